The van der Waals surface area contributed by atoms with Crippen molar-refractivity contribution in [2.45, 2.75) is 52.7 Å². The summed E-state index contributed by atoms with van der Waals surface area (Å²) < 4.78 is 1.71. The van der Waals surface area contributed by atoms with Crippen LogP contribution in [-0.2, 0) is 16.1 Å². The maximum absolute atomic E-state index is 14.8. The Kier molecular flexibility index (Phi) is 9.10. The number of anilines is 2. The number of nitrogens with one attached hydrogen (secondary N) is 1. The Labute approximate surface area is 284 Å². The summed E-state index contributed by atoms with van der Waals surface area (Å²) in [6.07, 6.45) is 0.573. The number of rotatable bonds is 8. The number of hydrogen-bond donors (Lipinski definition) is 1. The maximum atomic E-state index is 14.8. The van der Waals surface area contributed by atoms with Crippen molar-refractivity contribution >= 4 is 45.8 Å². The topological polar surface area (TPSA) is 128 Å². The van der Waals surface area contributed by atoms with E-state index in [2.05, 4.69) is 11.4 Å². The van der Waals surface area contributed by atoms with Gasteiger partial charge in [0.2, 0.25) is 5.91 Å². The van der Waals surface area contributed by atoms with Crippen LogP contribution in [0.3, 0.4) is 0 Å². The predicted octanol–water partition coefficient (Wildman–Crippen LogP) is 6.21. The number of nitriles is 1. The lowest BCUT2D eigenvalue weighted by Crippen LogP contribution is -2.58. The van der Waals surface area contributed by atoms with Gasteiger partial charge in [0, 0.05) is 22.4 Å². The second kappa shape index (κ2) is 13.6. The SMILES string of the molecule is CC[C@@H](C)C(=O)N[C@@H]1C(=O)N(Cc2nn(-c3ccccc3C#N)c3ccccc23)c2ccccc2N(C(=O)c2ccc(C(C)=O)cc2)[C@H]1C. The molecule has 0 saturated heterocycles. The second-order valence-electron chi connectivity index (χ2n) is 12.3. The number of Topliss-reactive ketones (excluding diaryl/α,β-unsaturated/α-hetero) is 1. The molecule has 3 atom stereocenters. The lowest BCUT2D eigenvalue weighted by Gasteiger charge is -2.32. The van der Waals surface area contributed by atoms with Crippen LogP contribution in [0.25, 0.3) is 16.6 Å². The van der Waals surface area contributed by atoms with Gasteiger partial charge in [0.05, 0.1) is 46.4 Å². The van der Waals surface area contributed by atoms with Crippen LogP contribution < -0.4 is 15.1 Å². The molecule has 1 aromatic heterocycles. The Morgan fingerprint density at radius 2 is 1.49 bits per heavy atom. The zero-order valence-corrected chi connectivity index (χ0v) is 27.8. The van der Waals surface area contributed by atoms with Gasteiger partial charge in [-0.15, -0.1) is 0 Å². The average molecular weight is 653 g/mol. The molecular formula is C39H36N6O4. The first-order valence-electron chi connectivity index (χ1n) is 16.3. The van der Waals surface area contributed by atoms with Crippen LogP contribution in [0.5, 0.6) is 0 Å². The number of aromatic nitrogens is 2. The van der Waals surface area contributed by atoms with Crippen molar-refractivity contribution < 1.29 is 19.2 Å². The van der Waals surface area contributed by atoms with E-state index in [0.717, 1.165) is 10.9 Å². The Balaban J connectivity index is 1.50. The molecule has 0 spiro atoms. The molecule has 1 N–H and O–H groups in total. The van der Waals surface area contributed by atoms with E-state index in [-0.39, 0.29) is 30.1 Å². The molecule has 0 bridgehead atoms. The van der Waals surface area contributed by atoms with Crippen molar-refractivity contribution in [1.82, 2.24) is 15.1 Å². The fourth-order valence-corrected chi connectivity index (χ4v) is 6.20. The summed E-state index contributed by atoms with van der Waals surface area (Å²) in [5, 5.41) is 18.6. The standard InChI is InChI=1S/C39H36N6O4/c1-5-24(2)37(47)41-36-25(3)44(38(48)28-20-18-27(19-21-28)26(4)46)35-17-11-10-16-34(35)43(39(36)49)23-31-30-13-7-9-15-33(30)45(42-31)32-14-8-6-12-29(32)22-40/h6-21,24-25,36H,5,23H2,1-4H3,(H,41,47)/t24-,25+,36+/m1/s1. The van der Waals surface area contributed by atoms with E-state index in [1.165, 1.54) is 6.92 Å². The monoisotopic (exact) mass is 652 g/mol. The first-order valence-corrected chi connectivity index (χ1v) is 16.3. The van der Waals surface area contributed by atoms with Gasteiger partial charge in [-0.05, 0) is 62.7 Å². The van der Waals surface area contributed by atoms with Gasteiger partial charge in [-0.25, -0.2) is 4.68 Å². The van der Waals surface area contributed by atoms with Gasteiger partial charge >= 0.3 is 0 Å². The van der Waals surface area contributed by atoms with E-state index in [9.17, 15) is 24.4 Å². The molecule has 10 nitrogen and oxygen atoms in total. The van der Waals surface area contributed by atoms with Gasteiger partial charge in [0.25, 0.3) is 11.8 Å². The predicted molar refractivity (Wildman–Crippen MR) is 188 cm³/mol. The fourth-order valence-electron chi connectivity index (χ4n) is 6.20. The Bertz CT molecular complexity index is 2130. The van der Waals surface area contributed by atoms with Crippen molar-refractivity contribution in [2.24, 2.45) is 5.92 Å². The van der Waals surface area contributed by atoms with Crippen molar-refractivity contribution in [3.05, 3.63) is 119 Å². The summed E-state index contributed by atoms with van der Waals surface area (Å²) in [7, 11) is 0. The van der Waals surface area contributed by atoms with Crippen LogP contribution in [0.15, 0.2) is 97.1 Å². The van der Waals surface area contributed by atoms with Crippen LogP contribution in [0.2, 0.25) is 0 Å². The minimum Gasteiger partial charge on any atom is -0.342 e. The van der Waals surface area contributed by atoms with Crippen molar-refractivity contribution in [3.63, 3.8) is 0 Å². The highest BCUT2D eigenvalue weighted by atomic mass is 16.2. The van der Waals surface area contributed by atoms with Crippen molar-refractivity contribution in [1.29, 1.82) is 5.26 Å². The zero-order chi connectivity index (χ0) is 34.8. The number of amides is 3. The summed E-state index contributed by atoms with van der Waals surface area (Å²) in [5.74, 6) is -1.54. The largest absolute Gasteiger partial charge is 0.342 e. The van der Waals surface area contributed by atoms with Crippen LogP contribution >= 0.6 is 0 Å². The summed E-state index contributed by atoms with van der Waals surface area (Å²) in [4.78, 5) is 57.5. The molecule has 0 saturated carbocycles. The third-order valence-corrected chi connectivity index (χ3v) is 9.19. The molecular weight excluding hydrogens is 616 g/mol. The Morgan fingerprint density at radius 1 is 0.878 bits per heavy atom. The van der Waals surface area contributed by atoms with Gasteiger partial charge in [0.1, 0.15) is 12.1 Å². The van der Waals surface area contributed by atoms with Crippen LogP contribution in [-0.4, -0.2) is 45.4 Å². The molecule has 1 aliphatic heterocycles. The van der Waals surface area contributed by atoms with Crippen molar-refractivity contribution in [3.8, 4) is 11.8 Å². The quantitative estimate of drug-likeness (QED) is 0.199. The van der Waals surface area contributed by atoms with E-state index in [1.54, 1.807) is 89.0 Å². The highest BCUT2D eigenvalue weighted by Crippen LogP contribution is 2.38. The fraction of sp³-hybridized carbons (Fsp3) is 0.231. The van der Waals surface area contributed by atoms with Crippen LogP contribution in [0.4, 0.5) is 11.4 Å². The average Bonchev–Trinajstić information content (AvgIpc) is 3.46. The number of carbonyl (C=O) groups is 4. The molecule has 0 fully saturated rings. The minimum absolute atomic E-state index is 0.0237. The molecule has 5 aromatic rings. The number of benzene rings is 4. The zero-order valence-electron chi connectivity index (χ0n) is 27.8. The van der Waals surface area contributed by atoms with E-state index < -0.39 is 18.0 Å². The molecule has 2 heterocycles. The number of nitrogens with zero attached hydrogens (tertiary/aromatic N) is 5. The van der Waals surface area contributed by atoms with Crippen LogP contribution in [0, 0.1) is 17.2 Å². The Hall–Kier alpha value is -6.08. The molecule has 246 valence electrons. The lowest BCUT2D eigenvalue weighted by atomic mass is 10.0. The number of carbonyl (C=O) groups excluding carboxylic acids is 4. The smallest absolute Gasteiger partial charge is 0.258 e. The van der Waals surface area contributed by atoms with Gasteiger partial charge in [-0.3, -0.25) is 19.2 Å². The van der Waals surface area contributed by atoms with Crippen LogP contribution in [0.1, 0.15) is 66.1 Å². The molecule has 4 aromatic carbocycles. The second-order valence-corrected chi connectivity index (χ2v) is 12.3. The normalized spacial score (nSPS) is 16.4. The first kappa shape index (κ1) is 32.8. The highest BCUT2D eigenvalue weighted by molar-refractivity contribution is 6.13. The summed E-state index contributed by atoms with van der Waals surface area (Å²) in [6, 6.07) is 28.7. The van der Waals surface area contributed by atoms with E-state index in [0.29, 0.717) is 45.9 Å². The molecule has 49 heavy (non-hydrogen) atoms. The van der Waals surface area contributed by atoms with Crippen molar-refractivity contribution in [2.75, 3.05) is 9.80 Å². The first-order chi connectivity index (χ1) is 23.6. The third kappa shape index (κ3) is 6.07. The van der Waals surface area contributed by atoms with Gasteiger partial charge in [0.15, 0.2) is 5.78 Å². The number of ketones is 1. The molecule has 0 unspecified atom stereocenters. The molecule has 0 aliphatic carbocycles. The number of hydrogen-bond acceptors (Lipinski definition) is 6. The highest BCUT2D eigenvalue weighted by Gasteiger charge is 2.43. The number of para-hydroxylation sites is 4. The molecule has 0 radical (unpaired) electrons. The minimum atomic E-state index is -1.10. The Morgan fingerprint density at radius 3 is 2.16 bits per heavy atom. The third-order valence-electron chi connectivity index (χ3n) is 9.19. The molecule has 6 rings (SSSR count). The van der Waals surface area contributed by atoms with Gasteiger partial charge < -0.3 is 15.1 Å². The lowest BCUT2D eigenvalue weighted by molar-refractivity contribution is -0.130. The molecule has 3 amide bonds. The van der Waals surface area contributed by atoms with Gasteiger partial charge in [-0.1, -0.05) is 68.4 Å². The molecule has 10 heteroatoms. The number of fused-ring (bicyclic) bond motifs is 2. The van der Waals surface area contributed by atoms with Gasteiger partial charge in [-0.2, -0.15) is 10.4 Å². The van der Waals surface area contributed by atoms with E-state index in [4.69, 9.17) is 5.10 Å². The molecule has 1 aliphatic rings. The van der Waals surface area contributed by atoms with E-state index in [1.807, 2.05) is 43.3 Å². The summed E-state index contributed by atoms with van der Waals surface area (Å²) >= 11 is 0. The van der Waals surface area contributed by atoms with E-state index >= 15 is 0 Å². The maximum Gasteiger partial charge on any atom is 0.258 e. The summed E-state index contributed by atoms with van der Waals surface area (Å²) in [5.41, 5.74) is 4.17. The summed E-state index contributed by atoms with van der Waals surface area (Å²) in [6.45, 7) is 6.94.